The van der Waals surface area contributed by atoms with E-state index in [1.807, 2.05) is 6.07 Å². The zero-order valence-electron chi connectivity index (χ0n) is 19.1. The van der Waals surface area contributed by atoms with Gasteiger partial charge >= 0.3 is 6.09 Å². The summed E-state index contributed by atoms with van der Waals surface area (Å²) in [4.78, 5) is 28.8. The van der Waals surface area contributed by atoms with Gasteiger partial charge in [-0.1, -0.05) is 6.07 Å². The molecule has 0 radical (unpaired) electrons. The minimum absolute atomic E-state index is 0.0681. The molecule has 0 aromatic carbocycles. The second-order valence-electron chi connectivity index (χ2n) is 9.39. The minimum Gasteiger partial charge on any atom is -0.481 e. The first-order chi connectivity index (χ1) is 16.0. The lowest BCUT2D eigenvalue weighted by Crippen LogP contribution is -2.45. The first-order valence-corrected chi connectivity index (χ1v) is 11.9. The minimum atomic E-state index is -0.349. The highest BCUT2D eigenvalue weighted by Gasteiger charge is 2.37. The molecule has 182 valence electrons. The standard InChI is InChI=1S/C23H35N5O5/c1-32-22-9-2-14(13-24-22)10-21(30)26-20-12-19(27-28-20)15-3-8-18(11-15)33-23(31)25-16-4-6-17(29)7-5-16/h2,9,13,15-20,27-29H,3-8,10-12H2,1H3,(H,25,31)(H,26,30)/t15-,16?,17?,18+,19?,20?/m1/s1. The summed E-state index contributed by atoms with van der Waals surface area (Å²) < 4.78 is 10.7. The number of aliphatic hydroxyl groups excluding tert-OH is 1. The maximum absolute atomic E-state index is 12.4. The Balaban J connectivity index is 1.15. The van der Waals surface area contributed by atoms with E-state index in [9.17, 15) is 14.7 Å². The monoisotopic (exact) mass is 461 g/mol. The van der Waals surface area contributed by atoms with Gasteiger partial charge in [0.05, 0.1) is 25.8 Å². The molecule has 2 heterocycles. The second-order valence-corrected chi connectivity index (χ2v) is 9.39. The number of nitrogens with one attached hydrogen (secondary N) is 4. The topological polar surface area (TPSA) is 134 Å². The van der Waals surface area contributed by atoms with Gasteiger partial charge in [0.25, 0.3) is 0 Å². The van der Waals surface area contributed by atoms with Gasteiger partial charge in [0.15, 0.2) is 0 Å². The number of aliphatic hydroxyl groups is 1. The van der Waals surface area contributed by atoms with Crippen LogP contribution in [-0.2, 0) is 16.0 Å². The molecule has 1 aromatic heterocycles. The third-order valence-corrected chi connectivity index (χ3v) is 6.93. The first-order valence-electron chi connectivity index (χ1n) is 11.9. The number of ether oxygens (including phenoxy) is 2. The van der Waals surface area contributed by atoms with E-state index in [1.54, 1.807) is 19.4 Å². The van der Waals surface area contributed by atoms with E-state index in [1.165, 1.54) is 0 Å². The Morgan fingerprint density at radius 2 is 1.91 bits per heavy atom. The highest BCUT2D eigenvalue weighted by atomic mass is 16.6. The van der Waals surface area contributed by atoms with Crippen LogP contribution in [0.3, 0.4) is 0 Å². The molecule has 3 fully saturated rings. The van der Waals surface area contributed by atoms with Crippen molar-refractivity contribution in [3.8, 4) is 5.88 Å². The van der Waals surface area contributed by atoms with Crippen LogP contribution in [0.25, 0.3) is 0 Å². The van der Waals surface area contributed by atoms with Crippen LogP contribution in [0, 0.1) is 5.92 Å². The number of hydrogen-bond acceptors (Lipinski definition) is 8. The Labute approximate surface area is 194 Å². The number of carbonyl (C=O) groups is 2. The van der Waals surface area contributed by atoms with Crippen LogP contribution in [0.4, 0.5) is 4.79 Å². The van der Waals surface area contributed by atoms with Gasteiger partial charge < -0.3 is 25.2 Å². The van der Waals surface area contributed by atoms with Gasteiger partial charge in [0.2, 0.25) is 11.8 Å². The van der Waals surface area contributed by atoms with E-state index < -0.39 is 0 Å². The summed E-state index contributed by atoms with van der Waals surface area (Å²) in [6.45, 7) is 0. The number of methoxy groups -OCH3 is 1. The number of hydrogen-bond donors (Lipinski definition) is 5. The number of carbonyl (C=O) groups excluding carboxylic acids is 2. The van der Waals surface area contributed by atoms with Crippen LogP contribution in [0.5, 0.6) is 5.88 Å². The number of pyridine rings is 1. The molecule has 2 amide bonds. The maximum Gasteiger partial charge on any atom is 0.407 e. The van der Waals surface area contributed by atoms with Crippen LogP contribution in [-0.4, -0.2) is 59.7 Å². The molecule has 0 spiro atoms. The fraction of sp³-hybridized carbons (Fsp3) is 0.696. The largest absolute Gasteiger partial charge is 0.481 e. The molecule has 2 aliphatic carbocycles. The highest BCUT2D eigenvalue weighted by molar-refractivity contribution is 5.78. The molecule has 1 saturated heterocycles. The van der Waals surface area contributed by atoms with Crippen molar-refractivity contribution >= 4 is 12.0 Å². The fourth-order valence-electron chi connectivity index (χ4n) is 5.07. The van der Waals surface area contributed by atoms with Gasteiger partial charge in [-0.25, -0.2) is 15.2 Å². The van der Waals surface area contributed by atoms with Crippen molar-refractivity contribution in [3.63, 3.8) is 0 Å². The summed E-state index contributed by atoms with van der Waals surface area (Å²) >= 11 is 0. The zero-order valence-corrected chi connectivity index (χ0v) is 19.1. The van der Waals surface area contributed by atoms with E-state index in [0.717, 1.165) is 56.9 Å². The van der Waals surface area contributed by atoms with Crippen molar-refractivity contribution in [2.24, 2.45) is 5.92 Å². The summed E-state index contributed by atoms with van der Waals surface area (Å²) in [5.74, 6) is 0.836. The first kappa shape index (κ1) is 23.7. The SMILES string of the molecule is COc1ccc(CC(=O)NC2CC([C@@H]3CC[C@H](OC(=O)NC4CCC(O)CC4)C3)NN2)cn1. The molecule has 5 N–H and O–H groups in total. The van der Waals surface area contributed by atoms with Crippen molar-refractivity contribution in [2.75, 3.05) is 7.11 Å². The molecule has 2 unspecified atom stereocenters. The molecular formula is C23H35N5O5. The van der Waals surface area contributed by atoms with Gasteiger partial charge in [0, 0.05) is 24.3 Å². The van der Waals surface area contributed by atoms with Crippen molar-refractivity contribution in [2.45, 2.75) is 88.2 Å². The molecule has 10 heteroatoms. The number of alkyl carbamates (subject to hydrolysis) is 1. The number of rotatable bonds is 7. The third kappa shape index (κ3) is 6.78. The Morgan fingerprint density at radius 1 is 1.09 bits per heavy atom. The van der Waals surface area contributed by atoms with Gasteiger partial charge in [-0.2, -0.15) is 0 Å². The molecule has 1 aromatic rings. The summed E-state index contributed by atoms with van der Waals surface area (Å²) in [5, 5.41) is 15.6. The maximum atomic E-state index is 12.4. The average Bonchev–Trinajstić information content (AvgIpc) is 3.45. The van der Waals surface area contributed by atoms with E-state index in [2.05, 4.69) is 26.5 Å². The van der Waals surface area contributed by atoms with Crippen molar-refractivity contribution in [3.05, 3.63) is 23.9 Å². The quantitative estimate of drug-likeness (QED) is 0.408. The lowest BCUT2D eigenvalue weighted by molar-refractivity contribution is -0.121. The fourth-order valence-corrected chi connectivity index (χ4v) is 5.07. The third-order valence-electron chi connectivity index (χ3n) is 6.93. The van der Waals surface area contributed by atoms with Crippen molar-refractivity contribution in [1.29, 1.82) is 0 Å². The molecule has 0 bridgehead atoms. The van der Waals surface area contributed by atoms with Crippen LogP contribution >= 0.6 is 0 Å². The van der Waals surface area contributed by atoms with E-state index in [4.69, 9.17) is 9.47 Å². The normalized spacial score (nSPS) is 31.7. The molecule has 1 aliphatic heterocycles. The predicted molar refractivity (Wildman–Crippen MR) is 120 cm³/mol. The van der Waals surface area contributed by atoms with Gasteiger partial charge in [-0.15, -0.1) is 0 Å². The molecular weight excluding hydrogens is 426 g/mol. The Kier molecular flexibility index (Phi) is 8.00. The number of nitrogens with zero attached hydrogens (tertiary/aromatic N) is 1. The van der Waals surface area contributed by atoms with Crippen molar-refractivity contribution < 1.29 is 24.2 Å². The number of amides is 2. The van der Waals surface area contributed by atoms with E-state index >= 15 is 0 Å². The van der Waals surface area contributed by atoms with Gasteiger partial charge in [-0.3, -0.25) is 10.2 Å². The number of aromatic nitrogens is 1. The van der Waals surface area contributed by atoms with Crippen LogP contribution in [0.2, 0.25) is 0 Å². The molecule has 10 nitrogen and oxygen atoms in total. The van der Waals surface area contributed by atoms with Crippen LogP contribution in [0.15, 0.2) is 18.3 Å². The van der Waals surface area contributed by atoms with Gasteiger partial charge in [0.1, 0.15) is 6.10 Å². The second kappa shape index (κ2) is 11.1. The Morgan fingerprint density at radius 3 is 2.64 bits per heavy atom. The average molecular weight is 462 g/mol. The lowest BCUT2D eigenvalue weighted by atomic mass is 9.93. The summed E-state index contributed by atoms with van der Waals surface area (Å²) in [6.07, 6.45) is 7.56. The molecule has 2 saturated carbocycles. The van der Waals surface area contributed by atoms with E-state index in [0.29, 0.717) is 11.8 Å². The highest BCUT2D eigenvalue weighted by Crippen LogP contribution is 2.33. The summed E-state index contributed by atoms with van der Waals surface area (Å²) in [6, 6.07) is 3.89. The van der Waals surface area contributed by atoms with Crippen LogP contribution in [0.1, 0.15) is 56.9 Å². The summed E-state index contributed by atoms with van der Waals surface area (Å²) in [5.41, 5.74) is 7.31. The predicted octanol–water partition coefficient (Wildman–Crippen LogP) is 1.14. The summed E-state index contributed by atoms with van der Waals surface area (Å²) in [7, 11) is 1.56. The van der Waals surface area contributed by atoms with Gasteiger partial charge in [-0.05, 0) is 62.8 Å². The number of hydrazine groups is 1. The van der Waals surface area contributed by atoms with Crippen molar-refractivity contribution in [1.82, 2.24) is 26.5 Å². The smallest absolute Gasteiger partial charge is 0.407 e. The lowest BCUT2D eigenvalue weighted by Gasteiger charge is -2.26. The Bertz CT molecular complexity index is 799. The molecule has 3 aliphatic rings. The molecule has 4 rings (SSSR count). The zero-order chi connectivity index (χ0) is 23.2. The molecule has 4 atom stereocenters. The van der Waals surface area contributed by atoms with E-state index in [-0.39, 0.29) is 48.9 Å². The molecule has 33 heavy (non-hydrogen) atoms. The Hall–Kier alpha value is -2.43. The van der Waals surface area contributed by atoms with Crippen LogP contribution < -0.4 is 26.2 Å².